The largest absolute Gasteiger partial charge is 0.456 e. The van der Waals surface area contributed by atoms with E-state index in [-0.39, 0.29) is 5.97 Å². The number of imide groups is 1. The van der Waals surface area contributed by atoms with Crippen molar-refractivity contribution in [3.05, 3.63) is 11.6 Å². The highest BCUT2D eigenvalue weighted by Crippen LogP contribution is 2.49. The first-order valence-corrected chi connectivity index (χ1v) is 10.0. The molecule has 0 aromatic carbocycles. The van der Waals surface area contributed by atoms with E-state index >= 15 is 0 Å². The lowest BCUT2D eigenvalue weighted by atomic mass is 9.86. The lowest BCUT2D eigenvalue weighted by Gasteiger charge is -2.20. The summed E-state index contributed by atoms with van der Waals surface area (Å²) in [5.41, 5.74) is 1.37. The SMILES string of the molecule is O=C(COC(=O)C[C@H]1C[C@H]2CC[C@@H]1C2)NC(=O)NCCC1=CCCCC1. The summed E-state index contributed by atoms with van der Waals surface area (Å²) in [5, 5.41) is 4.88. The lowest BCUT2D eigenvalue weighted by Crippen LogP contribution is -2.41. The molecule has 6 heteroatoms. The summed E-state index contributed by atoms with van der Waals surface area (Å²) in [5.74, 6) is 0.949. The number of carbonyl (C=O) groups is 3. The minimum absolute atomic E-state index is 0.331. The number of urea groups is 1. The molecule has 144 valence electrons. The van der Waals surface area contributed by atoms with Gasteiger partial charge in [-0.05, 0) is 69.1 Å². The molecular weight excluding hydrogens is 332 g/mol. The molecular formula is C20H30N2O4. The van der Waals surface area contributed by atoms with Gasteiger partial charge in [0.05, 0.1) is 0 Å². The zero-order valence-corrected chi connectivity index (χ0v) is 15.4. The molecule has 0 aromatic heterocycles. The Morgan fingerprint density at radius 3 is 2.73 bits per heavy atom. The molecule has 2 bridgehead atoms. The molecule has 26 heavy (non-hydrogen) atoms. The van der Waals surface area contributed by atoms with Gasteiger partial charge in [-0.25, -0.2) is 4.79 Å². The Labute approximate surface area is 155 Å². The van der Waals surface area contributed by atoms with Gasteiger partial charge in [-0.2, -0.15) is 0 Å². The maximum Gasteiger partial charge on any atom is 0.321 e. The number of amides is 3. The minimum atomic E-state index is -0.583. The van der Waals surface area contributed by atoms with E-state index in [2.05, 4.69) is 16.7 Å². The summed E-state index contributed by atoms with van der Waals surface area (Å²) >= 11 is 0. The second kappa shape index (κ2) is 9.19. The number of nitrogens with one attached hydrogen (secondary N) is 2. The molecule has 0 unspecified atom stereocenters. The van der Waals surface area contributed by atoms with Crippen LogP contribution in [0.1, 0.15) is 64.2 Å². The van der Waals surface area contributed by atoms with E-state index < -0.39 is 18.5 Å². The van der Waals surface area contributed by atoms with Crippen molar-refractivity contribution in [2.45, 2.75) is 64.2 Å². The fourth-order valence-corrected chi connectivity index (χ4v) is 4.72. The predicted molar refractivity (Wildman–Crippen MR) is 97.2 cm³/mol. The maximum atomic E-state index is 11.9. The second-order valence-electron chi connectivity index (χ2n) is 7.96. The lowest BCUT2D eigenvalue weighted by molar-refractivity contribution is -0.149. The summed E-state index contributed by atoms with van der Waals surface area (Å²) in [4.78, 5) is 35.3. The molecule has 2 saturated carbocycles. The Morgan fingerprint density at radius 2 is 2.04 bits per heavy atom. The quantitative estimate of drug-likeness (QED) is 0.538. The Kier molecular flexibility index (Phi) is 6.69. The van der Waals surface area contributed by atoms with Crippen molar-refractivity contribution >= 4 is 17.9 Å². The van der Waals surface area contributed by atoms with E-state index in [0.29, 0.717) is 24.8 Å². The normalized spacial score (nSPS) is 26.9. The molecule has 3 aliphatic rings. The Bertz CT molecular complexity index is 572. The Morgan fingerprint density at radius 1 is 1.15 bits per heavy atom. The van der Waals surface area contributed by atoms with Crippen LogP contribution in [0.2, 0.25) is 0 Å². The third kappa shape index (κ3) is 5.58. The summed E-state index contributed by atoms with van der Waals surface area (Å²) < 4.78 is 5.03. The average Bonchev–Trinajstić information content (AvgIpc) is 3.24. The van der Waals surface area contributed by atoms with Crippen molar-refractivity contribution in [3.63, 3.8) is 0 Å². The van der Waals surface area contributed by atoms with Crippen LogP contribution >= 0.6 is 0 Å². The number of ether oxygens (including phenoxy) is 1. The molecule has 2 fully saturated rings. The van der Waals surface area contributed by atoms with Crippen LogP contribution in [0.4, 0.5) is 4.79 Å². The summed E-state index contributed by atoms with van der Waals surface area (Å²) in [6.07, 6.45) is 13.0. The molecule has 2 N–H and O–H groups in total. The van der Waals surface area contributed by atoms with Crippen molar-refractivity contribution in [1.82, 2.24) is 10.6 Å². The van der Waals surface area contributed by atoms with E-state index in [1.54, 1.807) is 0 Å². The standard InChI is InChI=1S/C20H30N2O4/c23-18(22-20(25)21-9-8-14-4-2-1-3-5-14)13-26-19(24)12-17-11-15-6-7-16(17)10-15/h4,15-17H,1-3,5-13H2,(H2,21,22,23,25)/t15-,16+,17+/m0/s1. The number of esters is 1. The highest BCUT2D eigenvalue weighted by Gasteiger charge is 2.40. The first-order valence-electron chi connectivity index (χ1n) is 10.0. The van der Waals surface area contributed by atoms with Gasteiger partial charge in [-0.3, -0.25) is 14.9 Å². The zero-order valence-electron chi connectivity index (χ0n) is 15.4. The van der Waals surface area contributed by atoms with Gasteiger partial charge >= 0.3 is 12.0 Å². The van der Waals surface area contributed by atoms with Gasteiger partial charge in [0.2, 0.25) is 0 Å². The highest BCUT2D eigenvalue weighted by atomic mass is 16.5. The molecule has 0 aliphatic heterocycles. The molecule has 6 nitrogen and oxygen atoms in total. The van der Waals surface area contributed by atoms with Crippen molar-refractivity contribution < 1.29 is 19.1 Å². The third-order valence-corrected chi connectivity index (χ3v) is 6.05. The fourth-order valence-electron chi connectivity index (χ4n) is 4.72. The number of allylic oxidation sites excluding steroid dienone is 1. The summed E-state index contributed by atoms with van der Waals surface area (Å²) in [7, 11) is 0. The zero-order chi connectivity index (χ0) is 18.4. The van der Waals surface area contributed by atoms with Crippen LogP contribution in [0.3, 0.4) is 0 Å². The van der Waals surface area contributed by atoms with Gasteiger partial charge in [-0.15, -0.1) is 0 Å². The third-order valence-electron chi connectivity index (χ3n) is 6.05. The van der Waals surface area contributed by atoms with Crippen molar-refractivity contribution in [2.75, 3.05) is 13.2 Å². The monoisotopic (exact) mass is 362 g/mol. The molecule has 3 aliphatic carbocycles. The van der Waals surface area contributed by atoms with Gasteiger partial charge in [0.15, 0.2) is 6.61 Å². The molecule has 0 saturated heterocycles. The predicted octanol–water partition coefficient (Wildman–Crippen LogP) is 3.07. The summed E-state index contributed by atoms with van der Waals surface area (Å²) in [6, 6.07) is -0.532. The second-order valence-corrected chi connectivity index (χ2v) is 7.96. The van der Waals surface area contributed by atoms with E-state index in [9.17, 15) is 14.4 Å². The van der Waals surface area contributed by atoms with Gasteiger partial charge in [0.25, 0.3) is 5.91 Å². The highest BCUT2D eigenvalue weighted by molar-refractivity contribution is 5.95. The summed E-state index contributed by atoms with van der Waals surface area (Å²) in [6.45, 7) is 0.118. The first-order chi connectivity index (χ1) is 12.6. The van der Waals surface area contributed by atoms with E-state index in [0.717, 1.165) is 31.6 Å². The minimum Gasteiger partial charge on any atom is -0.456 e. The van der Waals surface area contributed by atoms with Gasteiger partial charge in [0, 0.05) is 13.0 Å². The molecule has 3 amide bonds. The fraction of sp³-hybridized carbons (Fsp3) is 0.750. The number of rotatable bonds is 7. The molecule has 0 heterocycles. The van der Waals surface area contributed by atoms with Crippen molar-refractivity contribution in [2.24, 2.45) is 17.8 Å². The van der Waals surface area contributed by atoms with Crippen LogP contribution in [0.25, 0.3) is 0 Å². The first kappa shape index (κ1) is 18.9. The van der Waals surface area contributed by atoms with Gasteiger partial charge in [0.1, 0.15) is 0 Å². The molecule has 3 atom stereocenters. The molecule has 3 rings (SSSR count). The average molecular weight is 362 g/mol. The molecule has 0 aromatic rings. The van der Waals surface area contributed by atoms with Gasteiger partial charge in [-0.1, -0.05) is 18.1 Å². The maximum absolute atomic E-state index is 11.9. The topological polar surface area (TPSA) is 84.5 Å². The van der Waals surface area contributed by atoms with Crippen LogP contribution in [0.5, 0.6) is 0 Å². The smallest absolute Gasteiger partial charge is 0.321 e. The number of fused-ring (bicyclic) bond motifs is 2. The van der Waals surface area contributed by atoms with E-state index in [1.165, 1.54) is 37.7 Å². The Hall–Kier alpha value is -1.85. The Balaban J connectivity index is 1.25. The van der Waals surface area contributed by atoms with E-state index in [1.807, 2.05) is 0 Å². The number of hydrogen-bond donors (Lipinski definition) is 2. The van der Waals surface area contributed by atoms with Crippen molar-refractivity contribution in [3.8, 4) is 0 Å². The number of hydrogen-bond acceptors (Lipinski definition) is 4. The molecule has 0 radical (unpaired) electrons. The van der Waals surface area contributed by atoms with Crippen LogP contribution in [0, 0.1) is 17.8 Å². The van der Waals surface area contributed by atoms with Gasteiger partial charge < -0.3 is 10.1 Å². The molecule has 0 spiro atoms. The van der Waals surface area contributed by atoms with Crippen LogP contribution in [0.15, 0.2) is 11.6 Å². The van der Waals surface area contributed by atoms with Crippen LogP contribution in [-0.2, 0) is 14.3 Å². The van der Waals surface area contributed by atoms with E-state index in [4.69, 9.17) is 4.74 Å². The number of carbonyl (C=O) groups excluding carboxylic acids is 3. The van der Waals surface area contributed by atoms with Crippen molar-refractivity contribution in [1.29, 1.82) is 0 Å². The van der Waals surface area contributed by atoms with Crippen LogP contribution in [-0.4, -0.2) is 31.1 Å². The van der Waals surface area contributed by atoms with Crippen LogP contribution < -0.4 is 10.6 Å².